The van der Waals surface area contributed by atoms with E-state index in [2.05, 4.69) is 10.6 Å². The van der Waals surface area contributed by atoms with Gasteiger partial charge in [-0.15, -0.1) is 0 Å². The van der Waals surface area contributed by atoms with Gasteiger partial charge in [-0.05, 0) is 30.3 Å². The molecule has 0 atom stereocenters. The second-order valence-corrected chi connectivity index (χ2v) is 4.63. The summed E-state index contributed by atoms with van der Waals surface area (Å²) in [6, 6.07) is 8.77. The Morgan fingerprint density at radius 2 is 1.74 bits per heavy atom. The third-order valence-electron chi connectivity index (χ3n) is 2.88. The van der Waals surface area contributed by atoms with E-state index in [1.165, 1.54) is 31.2 Å². The first-order valence-corrected chi connectivity index (χ1v) is 6.50. The smallest absolute Gasteiger partial charge is 0.271 e. The van der Waals surface area contributed by atoms with Gasteiger partial charge in [-0.25, -0.2) is 4.39 Å². The van der Waals surface area contributed by atoms with Crippen LogP contribution in [0.2, 0.25) is 0 Å². The summed E-state index contributed by atoms with van der Waals surface area (Å²) < 4.78 is 13.6. The molecule has 0 aliphatic heterocycles. The van der Waals surface area contributed by atoms with Gasteiger partial charge in [0.2, 0.25) is 5.91 Å². The molecule has 0 heterocycles. The third kappa shape index (κ3) is 4.10. The number of carbonyl (C=O) groups is 2. The highest BCUT2D eigenvalue weighted by Gasteiger charge is 2.14. The number of benzene rings is 2. The van der Waals surface area contributed by atoms with E-state index in [1.54, 1.807) is 0 Å². The van der Waals surface area contributed by atoms with Crippen LogP contribution in [0.5, 0.6) is 0 Å². The Hall–Kier alpha value is -3.29. The van der Waals surface area contributed by atoms with E-state index < -0.39 is 16.6 Å². The molecule has 2 aromatic carbocycles. The van der Waals surface area contributed by atoms with E-state index in [1.807, 2.05) is 0 Å². The Morgan fingerprint density at radius 1 is 1.09 bits per heavy atom. The molecule has 2 aromatic rings. The lowest BCUT2D eigenvalue weighted by Gasteiger charge is -2.07. The van der Waals surface area contributed by atoms with Crippen LogP contribution in [0.15, 0.2) is 42.5 Å². The molecule has 2 rings (SSSR count). The molecule has 2 amide bonds. The molecule has 23 heavy (non-hydrogen) atoms. The molecule has 0 aromatic heterocycles. The van der Waals surface area contributed by atoms with Crippen LogP contribution in [-0.2, 0) is 4.79 Å². The predicted octanol–water partition coefficient (Wildman–Crippen LogP) is 2.94. The van der Waals surface area contributed by atoms with Crippen molar-refractivity contribution < 1.29 is 18.9 Å². The lowest BCUT2D eigenvalue weighted by atomic mass is 10.2. The highest BCUT2D eigenvalue weighted by atomic mass is 19.1. The number of halogens is 1. The van der Waals surface area contributed by atoms with Crippen LogP contribution >= 0.6 is 0 Å². The molecular weight excluding hydrogens is 305 g/mol. The highest BCUT2D eigenvalue weighted by molar-refractivity contribution is 6.04. The molecular formula is C15H12FN3O4. The van der Waals surface area contributed by atoms with Gasteiger partial charge in [0, 0.05) is 30.3 Å². The van der Waals surface area contributed by atoms with Crippen molar-refractivity contribution in [1.29, 1.82) is 0 Å². The van der Waals surface area contributed by atoms with Crippen molar-refractivity contribution in [1.82, 2.24) is 0 Å². The number of hydrogen-bond acceptors (Lipinski definition) is 4. The molecule has 0 bridgehead atoms. The number of anilines is 2. The Kier molecular flexibility index (Phi) is 4.65. The van der Waals surface area contributed by atoms with E-state index in [0.717, 1.165) is 18.2 Å². The van der Waals surface area contributed by atoms with Crippen molar-refractivity contribution in [2.24, 2.45) is 0 Å². The van der Waals surface area contributed by atoms with Gasteiger partial charge >= 0.3 is 0 Å². The lowest BCUT2D eigenvalue weighted by molar-refractivity contribution is -0.384. The van der Waals surface area contributed by atoms with Crippen LogP contribution in [-0.4, -0.2) is 16.7 Å². The first-order valence-electron chi connectivity index (χ1n) is 6.50. The quantitative estimate of drug-likeness (QED) is 0.668. The Balaban J connectivity index is 2.17. The third-order valence-corrected chi connectivity index (χ3v) is 2.88. The number of rotatable bonds is 4. The van der Waals surface area contributed by atoms with Gasteiger partial charge in [0.25, 0.3) is 11.6 Å². The molecule has 0 fully saturated rings. The van der Waals surface area contributed by atoms with Crippen molar-refractivity contribution in [3.63, 3.8) is 0 Å². The van der Waals surface area contributed by atoms with Crippen molar-refractivity contribution in [2.45, 2.75) is 6.92 Å². The van der Waals surface area contributed by atoms with Crippen molar-refractivity contribution in [3.05, 3.63) is 64.0 Å². The zero-order valence-corrected chi connectivity index (χ0v) is 12.0. The molecule has 2 N–H and O–H groups in total. The van der Waals surface area contributed by atoms with Crippen LogP contribution in [0.1, 0.15) is 17.3 Å². The van der Waals surface area contributed by atoms with Gasteiger partial charge in [-0.3, -0.25) is 19.7 Å². The number of amides is 2. The molecule has 0 aliphatic carbocycles. The predicted molar refractivity (Wildman–Crippen MR) is 81.8 cm³/mol. The Labute approximate surface area is 130 Å². The number of nitrogens with one attached hydrogen (secondary N) is 2. The van der Waals surface area contributed by atoms with Crippen LogP contribution in [0.25, 0.3) is 0 Å². The minimum Gasteiger partial charge on any atom is -0.326 e. The summed E-state index contributed by atoms with van der Waals surface area (Å²) in [6.07, 6.45) is 0. The van der Waals surface area contributed by atoms with Gasteiger partial charge in [0.05, 0.1) is 10.6 Å². The van der Waals surface area contributed by atoms with Gasteiger partial charge < -0.3 is 10.6 Å². The second kappa shape index (κ2) is 6.65. The molecule has 0 unspecified atom stereocenters. The van der Waals surface area contributed by atoms with E-state index >= 15 is 0 Å². The zero-order valence-electron chi connectivity index (χ0n) is 12.0. The van der Waals surface area contributed by atoms with Crippen LogP contribution in [0.3, 0.4) is 0 Å². The maximum absolute atomic E-state index is 13.6. The summed E-state index contributed by atoms with van der Waals surface area (Å²) in [7, 11) is 0. The molecule has 118 valence electrons. The summed E-state index contributed by atoms with van der Waals surface area (Å²) >= 11 is 0. The minimum atomic E-state index is -0.779. The first kappa shape index (κ1) is 16.1. The molecule has 7 nitrogen and oxygen atoms in total. The molecule has 0 saturated heterocycles. The number of carbonyl (C=O) groups excluding carboxylic acids is 2. The van der Waals surface area contributed by atoms with Crippen LogP contribution in [0.4, 0.5) is 21.5 Å². The zero-order chi connectivity index (χ0) is 17.0. The van der Waals surface area contributed by atoms with Crippen LogP contribution < -0.4 is 10.6 Å². The largest absolute Gasteiger partial charge is 0.326 e. The van der Waals surface area contributed by atoms with E-state index in [9.17, 15) is 24.1 Å². The van der Waals surface area contributed by atoms with Crippen molar-refractivity contribution in [3.8, 4) is 0 Å². The monoisotopic (exact) mass is 317 g/mol. The maximum Gasteiger partial charge on any atom is 0.271 e. The number of non-ortho nitro benzene ring substituents is 1. The summed E-state index contributed by atoms with van der Waals surface area (Å²) in [5.74, 6) is -1.65. The Bertz CT molecular complexity index is 775. The summed E-state index contributed by atoms with van der Waals surface area (Å²) in [4.78, 5) is 33.0. The fraction of sp³-hybridized carbons (Fsp3) is 0.0667. The minimum absolute atomic E-state index is 0.213. The van der Waals surface area contributed by atoms with E-state index in [4.69, 9.17) is 0 Å². The summed E-state index contributed by atoms with van der Waals surface area (Å²) in [6.45, 7) is 1.35. The first-order chi connectivity index (χ1) is 10.9. The molecule has 0 spiro atoms. The number of nitrogens with zero attached hydrogens (tertiary/aromatic N) is 1. The number of hydrogen-bond donors (Lipinski definition) is 2. The van der Waals surface area contributed by atoms with Gasteiger partial charge in [-0.1, -0.05) is 0 Å². The molecule has 0 saturated carbocycles. The standard InChI is InChI=1S/C15H12FN3O4/c1-9(20)17-11-4-2-10(3-5-11)15(21)18-14-8-12(19(22)23)6-7-13(14)16/h2-8H,1H3,(H,17,20)(H,18,21). The van der Waals surface area contributed by atoms with E-state index in [0.29, 0.717) is 5.69 Å². The van der Waals surface area contributed by atoms with E-state index in [-0.39, 0.29) is 22.8 Å². The van der Waals surface area contributed by atoms with Gasteiger partial charge in [-0.2, -0.15) is 0 Å². The van der Waals surface area contributed by atoms with Gasteiger partial charge in [0.1, 0.15) is 5.82 Å². The molecule has 0 aliphatic rings. The Morgan fingerprint density at radius 3 is 2.30 bits per heavy atom. The fourth-order valence-electron chi connectivity index (χ4n) is 1.83. The summed E-state index contributed by atoms with van der Waals surface area (Å²) in [5.41, 5.74) is 0.110. The summed E-state index contributed by atoms with van der Waals surface area (Å²) in [5, 5.41) is 15.5. The topological polar surface area (TPSA) is 101 Å². The van der Waals surface area contributed by atoms with Crippen LogP contribution in [0, 0.1) is 15.9 Å². The van der Waals surface area contributed by atoms with Crippen molar-refractivity contribution in [2.75, 3.05) is 10.6 Å². The normalized spacial score (nSPS) is 10.0. The second-order valence-electron chi connectivity index (χ2n) is 4.63. The van der Waals surface area contributed by atoms with Gasteiger partial charge in [0.15, 0.2) is 0 Å². The number of nitro groups is 1. The molecule has 0 radical (unpaired) electrons. The molecule has 8 heteroatoms. The lowest BCUT2D eigenvalue weighted by Crippen LogP contribution is -2.13. The fourth-order valence-corrected chi connectivity index (χ4v) is 1.83. The number of nitro benzene ring substituents is 1. The maximum atomic E-state index is 13.6. The average molecular weight is 317 g/mol. The SMILES string of the molecule is CC(=O)Nc1ccc(C(=O)Nc2cc([N+](=O)[O-])ccc2F)cc1. The van der Waals surface area contributed by atoms with Crippen molar-refractivity contribution >= 4 is 28.9 Å². The highest BCUT2D eigenvalue weighted by Crippen LogP contribution is 2.22. The average Bonchev–Trinajstić information content (AvgIpc) is 2.49.